The average Bonchev–Trinajstić information content (AvgIpc) is 2.41. The monoisotopic (exact) mass is 380 g/mol. The smallest absolute Gasteiger partial charge is 0.143 e. The molecule has 3 nitrogen and oxygen atoms in total. The lowest BCUT2D eigenvalue weighted by Crippen LogP contribution is -2.02. The molecule has 0 saturated heterocycles. The Labute approximate surface area is 146 Å². The van der Waals surface area contributed by atoms with E-state index >= 15 is 0 Å². The zero-order chi connectivity index (χ0) is 16.4. The van der Waals surface area contributed by atoms with Gasteiger partial charge in [-0.05, 0) is 31.2 Å². The number of hydrogen-bond donors (Lipinski definition) is 2. The van der Waals surface area contributed by atoms with E-state index in [1.165, 1.54) is 12.1 Å². The lowest BCUT2D eigenvalue weighted by atomic mass is 10.1. The molecule has 0 atom stereocenters. The molecule has 0 aliphatic carbocycles. The Hall–Kier alpha value is -1.20. The fourth-order valence-electron chi connectivity index (χ4n) is 1.69. The van der Waals surface area contributed by atoms with Gasteiger partial charge in [0.25, 0.3) is 0 Å². The number of anilines is 1. The highest BCUT2D eigenvalue weighted by atomic mass is 35.5. The fraction of sp³-hybridized carbons (Fsp3) is 0.0714. The van der Waals surface area contributed by atoms with Crippen LogP contribution in [0.25, 0.3) is 0 Å². The van der Waals surface area contributed by atoms with Gasteiger partial charge in [-0.25, -0.2) is 4.39 Å². The zero-order valence-electron chi connectivity index (χ0n) is 11.1. The SMILES string of the molecule is C/C(=N\Nc1c(Cl)cc(Cl)cc1Cl)c1cc(F)cc(Cl)c1O. The number of nitrogens with zero attached hydrogens (tertiary/aromatic N) is 1. The molecule has 0 unspecified atom stereocenters. The third-order valence-electron chi connectivity index (χ3n) is 2.76. The minimum Gasteiger partial charge on any atom is -0.506 e. The van der Waals surface area contributed by atoms with E-state index in [0.717, 1.165) is 12.1 Å². The topological polar surface area (TPSA) is 44.6 Å². The van der Waals surface area contributed by atoms with Crippen molar-refractivity contribution in [2.24, 2.45) is 5.10 Å². The second kappa shape index (κ2) is 6.92. The van der Waals surface area contributed by atoms with Gasteiger partial charge in [0.1, 0.15) is 11.6 Å². The highest BCUT2D eigenvalue weighted by molar-refractivity contribution is 6.41. The van der Waals surface area contributed by atoms with Crippen molar-refractivity contribution < 1.29 is 9.50 Å². The predicted molar refractivity (Wildman–Crippen MR) is 90.4 cm³/mol. The first kappa shape index (κ1) is 17.2. The van der Waals surface area contributed by atoms with Crippen LogP contribution >= 0.6 is 46.4 Å². The molecule has 2 rings (SSSR count). The van der Waals surface area contributed by atoms with Gasteiger partial charge in [0.15, 0.2) is 0 Å². The van der Waals surface area contributed by atoms with Crippen molar-refractivity contribution in [3.63, 3.8) is 0 Å². The average molecular weight is 382 g/mol. The number of nitrogens with one attached hydrogen (secondary N) is 1. The van der Waals surface area contributed by atoms with E-state index in [1.54, 1.807) is 6.92 Å². The molecule has 8 heteroatoms. The lowest BCUT2D eigenvalue weighted by molar-refractivity contribution is 0.472. The first-order chi connectivity index (χ1) is 10.3. The second-order valence-electron chi connectivity index (χ2n) is 4.34. The maximum atomic E-state index is 13.4. The van der Waals surface area contributed by atoms with E-state index in [0.29, 0.717) is 16.4 Å². The quantitative estimate of drug-likeness (QED) is 0.507. The van der Waals surface area contributed by atoms with E-state index in [4.69, 9.17) is 46.4 Å². The van der Waals surface area contributed by atoms with Crippen molar-refractivity contribution >= 4 is 57.8 Å². The molecule has 22 heavy (non-hydrogen) atoms. The van der Waals surface area contributed by atoms with Crippen LogP contribution < -0.4 is 5.43 Å². The highest BCUT2D eigenvalue weighted by Crippen LogP contribution is 2.34. The zero-order valence-corrected chi connectivity index (χ0v) is 14.1. The molecule has 0 saturated carbocycles. The number of benzene rings is 2. The van der Waals surface area contributed by atoms with Gasteiger partial charge >= 0.3 is 0 Å². The molecule has 2 aromatic rings. The standard InChI is InChI=1S/C14H9Cl4FN2O/c1-6(9-4-8(19)5-12(18)14(9)22)20-21-13-10(16)2-7(15)3-11(13)17/h2-5,21-22H,1H3/b20-6+. The number of phenols is 1. The summed E-state index contributed by atoms with van der Waals surface area (Å²) >= 11 is 23.6. The Balaban J connectivity index is 2.35. The Morgan fingerprint density at radius 3 is 2.23 bits per heavy atom. The lowest BCUT2D eigenvalue weighted by Gasteiger charge is -2.09. The molecule has 2 N–H and O–H groups in total. The molecular formula is C14H9Cl4FN2O. The van der Waals surface area contributed by atoms with Gasteiger partial charge in [-0.1, -0.05) is 46.4 Å². The number of hydrazone groups is 1. The van der Waals surface area contributed by atoms with E-state index in [9.17, 15) is 9.50 Å². The van der Waals surface area contributed by atoms with Crippen molar-refractivity contribution in [1.82, 2.24) is 0 Å². The molecule has 0 bridgehead atoms. The van der Waals surface area contributed by atoms with Crippen molar-refractivity contribution in [2.45, 2.75) is 6.92 Å². The van der Waals surface area contributed by atoms with Crippen molar-refractivity contribution in [3.05, 3.63) is 55.7 Å². The van der Waals surface area contributed by atoms with Crippen LogP contribution in [0.3, 0.4) is 0 Å². The summed E-state index contributed by atoms with van der Waals surface area (Å²) < 4.78 is 13.4. The van der Waals surface area contributed by atoms with Gasteiger partial charge in [0.05, 0.1) is 26.5 Å². The molecule has 0 aromatic heterocycles. The third kappa shape index (κ3) is 3.76. The summed E-state index contributed by atoms with van der Waals surface area (Å²) in [7, 11) is 0. The summed E-state index contributed by atoms with van der Waals surface area (Å²) in [6, 6.07) is 5.12. The van der Waals surface area contributed by atoms with Crippen LogP contribution in [0.2, 0.25) is 20.1 Å². The molecule has 0 heterocycles. The Morgan fingerprint density at radius 2 is 1.64 bits per heavy atom. The van der Waals surface area contributed by atoms with Crippen molar-refractivity contribution in [2.75, 3.05) is 5.43 Å². The minimum atomic E-state index is -0.588. The maximum Gasteiger partial charge on any atom is 0.143 e. The summed E-state index contributed by atoms with van der Waals surface area (Å²) in [5, 5.41) is 14.7. The number of halogens is 5. The summed E-state index contributed by atoms with van der Waals surface area (Å²) in [4.78, 5) is 0. The van der Waals surface area contributed by atoms with E-state index < -0.39 is 5.82 Å². The molecule has 0 aliphatic rings. The first-order valence-electron chi connectivity index (χ1n) is 5.93. The van der Waals surface area contributed by atoms with E-state index in [1.807, 2.05) is 0 Å². The van der Waals surface area contributed by atoms with Crippen LogP contribution in [0.5, 0.6) is 5.75 Å². The molecule has 0 radical (unpaired) electrons. The van der Waals surface area contributed by atoms with E-state index in [2.05, 4.69) is 10.5 Å². The normalized spacial score (nSPS) is 11.6. The number of rotatable bonds is 3. The van der Waals surface area contributed by atoms with Gasteiger partial charge < -0.3 is 5.11 Å². The highest BCUT2D eigenvalue weighted by Gasteiger charge is 2.12. The molecule has 0 aliphatic heterocycles. The van der Waals surface area contributed by atoms with Crippen LogP contribution in [0.4, 0.5) is 10.1 Å². The maximum absolute atomic E-state index is 13.4. The molecular weight excluding hydrogens is 373 g/mol. The summed E-state index contributed by atoms with van der Waals surface area (Å²) in [6.07, 6.45) is 0. The van der Waals surface area contributed by atoms with E-state index in [-0.39, 0.29) is 26.4 Å². The Morgan fingerprint density at radius 1 is 1.05 bits per heavy atom. The van der Waals surface area contributed by atoms with Gasteiger partial charge in [-0.15, -0.1) is 0 Å². The fourth-order valence-corrected chi connectivity index (χ4v) is 2.80. The van der Waals surface area contributed by atoms with Crippen molar-refractivity contribution in [1.29, 1.82) is 0 Å². The number of phenolic OH excluding ortho intramolecular Hbond substituents is 1. The molecule has 0 spiro atoms. The largest absolute Gasteiger partial charge is 0.506 e. The number of hydrogen-bond acceptors (Lipinski definition) is 3. The molecule has 0 amide bonds. The summed E-state index contributed by atoms with van der Waals surface area (Å²) in [6.45, 7) is 1.57. The van der Waals surface area contributed by atoms with Gasteiger partial charge in [-0.2, -0.15) is 5.10 Å². The van der Waals surface area contributed by atoms with Gasteiger partial charge in [-0.3, -0.25) is 5.43 Å². The number of aromatic hydroxyl groups is 1. The minimum absolute atomic E-state index is 0.105. The van der Waals surface area contributed by atoms with Crippen molar-refractivity contribution in [3.8, 4) is 5.75 Å². The summed E-state index contributed by atoms with van der Waals surface area (Å²) in [5.41, 5.74) is 3.45. The first-order valence-corrected chi connectivity index (χ1v) is 7.44. The summed E-state index contributed by atoms with van der Waals surface area (Å²) in [5.74, 6) is -0.852. The predicted octanol–water partition coefficient (Wildman–Crippen LogP) is 5.98. The van der Waals surface area contributed by atoms with Crippen LogP contribution in [-0.4, -0.2) is 10.8 Å². The molecule has 116 valence electrons. The van der Waals surface area contributed by atoms with Crippen LogP contribution in [0.15, 0.2) is 29.4 Å². The third-order valence-corrected chi connectivity index (χ3v) is 3.86. The van der Waals surface area contributed by atoms with Crippen LogP contribution in [-0.2, 0) is 0 Å². The van der Waals surface area contributed by atoms with Crippen LogP contribution in [0.1, 0.15) is 12.5 Å². The Bertz CT molecular complexity index is 742. The van der Waals surface area contributed by atoms with Gasteiger partial charge in [0, 0.05) is 10.6 Å². The molecule has 0 fully saturated rings. The Kier molecular flexibility index (Phi) is 5.40. The molecule has 2 aromatic carbocycles. The van der Waals surface area contributed by atoms with Gasteiger partial charge in [0.2, 0.25) is 0 Å². The second-order valence-corrected chi connectivity index (χ2v) is 6.00. The van der Waals surface area contributed by atoms with Crippen LogP contribution in [0, 0.1) is 5.82 Å².